The highest BCUT2D eigenvalue weighted by atomic mass is 32.2. The predicted octanol–water partition coefficient (Wildman–Crippen LogP) is 0.952. The fourth-order valence-corrected chi connectivity index (χ4v) is 2.24. The summed E-state index contributed by atoms with van der Waals surface area (Å²) in [6.45, 7) is 8.39. The van der Waals surface area contributed by atoms with Gasteiger partial charge in [-0.1, -0.05) is 20.8 Å². The summed E-state index contributed by atoms with van der Waals surface area (Å²) in [6.07, 6.45) is 1.57. The molecule has 0 amide bonds. The van der Waals surface area contributed by atoms with Crippen molar-refractivity contribution in [2.75, 3.05) is 25.4 Å². The van der Waals surface area contributed by atoms with Gasteiger partial charge in [-0.3, -0.25) is 0 Å². The zero-order valence-corrected chi connectivity index (χ0v) is 10.9. The van der Waals surface area contributed by atoms with Gasteiger partial charge in [-0.2, -0.15) is 0 Å². The Hall–Kier alpha value is -0.130. The van der Waals surface area contributed by atoms with Crippen molar-refractivity contribution in [1.82, 2.24) is 10.0 Å². The second kappa shape index (κ2) is 8.07. The maximum absolute atomic E-state index is 11.4. The number of nitrogens with one attached hydrogen (secondary N) is 2. The average molecular weight is 236 g/mol. The van der Waals surface area contributed by atoms with Gasteiger partial charge in [-0.05, 0) is 31.8 Å². The molecule has 92 valence electrons. The number of hydrogen-bond donors (Lipinski definition) is 2. The molecule has 0 fully saturated rings. The van der Waals surface area contributed by atoms with Crippen LogP contribution in [0.25, 0.3) is 0 Å². The molecule has 0 atom stereocenters. The number of hydrogen-bond acceptors (Lipinski definition) is 3. The third kappa shape index (κ3) is 10.2. The second-order valence-corrected chi connectivity index (χ2v) is 6.03. The van der Waals surface area contributed by atoms with E-state index in [-0.39, 0.29) is 5.75 Å². The van der Waals surface area contributed by atoms with Crippen LogP contribution < -0.4 is 10.0 Å². The van der Waals surface area contributed by atoms with E-state index in [1.807, 2.05) is 6.92 Å². The highest BCUT2D eigenvalue weighted by molar-refractivity contribution is 7.89. The maximum atomic E-state index is 11.4. The normalized spacial score (nSPS) is 12.3. The summed E-state index contributed by atoms with van der Waals surface area (Å²) < 4.78 is 25.5. The lowest BCUT2D eigenvalue weighted by molar-refractivity contribution is 0.549. The molecule has 0 aliphatic heterocycles. The molecule has 0 aliphatic rings. The van der Waals surface area contributed by atoms with Crippen molar-refractivity contribution in [3.05, 3.63) is 0 Å². The molecule has 0 bridgehead atoms. The summed E-state index contributed by atoms with van der Waals surface area (Å²) in [5.41, 5.74) is 0. The van der Waals surface area contributed by atoms with Crippen LogP contribution in [0.4, 0.5) is 0 Å². The van der Waals surface area contributed by atoms with Gasteiger partial charge in [-0.15, -0.1) is 0 Å². The third-order valence-electron chi connectivity index (χ3n) is 2.06. The Morgan fingerprint density at radius 2 is 1.87 bits per heavy atom. The lowest BCUT2D eigenvalue weighted by atomic mass is 10.1. The van der Waals surface area contributed by atoms with Crippen LogP contribution in [0.2, 0.25) is 0 Å². The first-order valence-corrected chi connectivity index (χ1v) is 7.31. The fourth-order valence-electron chi connectivity index (χ4n) is 1.14. The van der Waals surface area contributed by atoms with E-state index in [4.69, 9.17) is 0 Å². The van der Waals surface area contributed by atoms with E-state index in [1.165, 1.54) is 0 Å². The molecule has 0 aromatic carbocycles. The molecule has 0 aromatic rings. The molecule has 0 aliphatic carbocycles. The van der Waals surface area contributed by atoms with Crippen molar-refractivity contribution in [2.24, 2.45) is 5.92 Å². The quantitative estimate of drug-likeness (QED) is 0.586. The first-order valence-electron chi connectivity index (χ1n) is 5.66. The average Bonchev–Trinajstić information content (AvgIpc) is 2.11. The van der Waals surface area contributed by atoms with Crippen molar-refractivity contribution in [1.29, 1.82) is 0 Å². The van der Waals surface area contributed by atoms with E-state index in [2.05, 4.69) is 23.9 Å². The van der Waals surface area contributed by atoms with Gasteiger partial charge >= 0.3 is 0 Å². The third-order valence-corrected chi connectivity index (χ3v) is 3.53. The van der Waals surface area contributed by atoms with E-state index in [9.17, 15) is 8.42 Å². The maximum Gasteiger partial charge on any atom is 0.211 e. The summed E-state index contributed by atoms with van der Waals surface area (Å²) in [7, 11) is -3.05. The van der Waals surface area contributed by atoms with Crippen LogP contribution in [-0.4, -0.2) is 33.8 Å². The molecule has 0 unspecified atom stereocenters. The number of sulfonamides is 1. The van der Waals surface area contributed by atoms with E-state index >= 15 is 0 Å². The van der Waals surface area contributed by atoms with Gasteiger partial charge in [0.05, 0.1) is 5.75 Å². The Kier molecular flexibility index (Phi) is 8.00. The molecule has 4 nitrogen and oxygen atoms in total. The van der Waals surface area contributed by atoms with Crippen LogP contribution in [0.1, 0.15) is 33.6 Å². The van der Waals surface area contributed by atoms with E-state index in [0.717, 1.165) is 19.5 Å². The molecule has 0 heterocycles. The smallest absolute Gasteiger partial charge is 0.211 e. The van der Waals surface area contributed by atoms with Crippen molar-refractivity contribution in [2.45, 2.75) is 33.6 Å². The van der Waals surface area contributed by atoms with E-state index in [0.29, 0.717) is 18.9 Å². The van der Waals surface area contributed by atoms with Gasteiger partial charge in [0.2, 0.25) is 10.0 Å². The predicted molar refractivity (Wildman–Crippen MR) is 64.4 cm³/mol. The Morgan fingerprint density at radius 1 is 1.20 bits per heavy atom. The topological polar surface area (TPSA) is 58.2 Å². The summed E-state index contributed by atoms with van der Waals surface area (Å²) >= 11 is 0. The first-order chi connectivity index (χ1) is 6.98. The highest BCUT2D eigenvalue weighted by Gasteiger charge is 2.08. The van der Waals surface area contributed by atoms with E-state index in [1.54, 1.807) is 0 Å². The molecule has 5 heteroatoms. The van der Waals surface area contributed by atoms with Crippen LogP contribution in [0.15, 0.2) is 0 Å². The zero-order valence-electron chi connectivity index (χ0n) is 10.0. The van der Waals surface area contributed by atoms with Crippen molar-refractivity contribution in [3.8, 4) is 0 Å². The van der Waals surface area contributed by atoms with E-state index < -0.39 is 10.0 Å². The van der Waals surface area contributed by atoms with Gasteiger partial charge in [0, 0.05) is 6.54 Å². The van der Waals surface area contributed by atoms with Gasteiger partial charge in [0.15, 0.2) is 0 Å². The Balaban J connectivity index is 3.59. The SMILES string of the molecule is CCNCCCS(=O)(=O)NCCC(C)C. The Labute approximate surface area is 93.9 Å². The summed E-state index contributed by atoms with van der Waals surface area (Å²) in [5.74, 6) is 0.757. The minimum atomic E-state index is -3.05. The minimum Gasteiger partial charge on any atom is -0.317 e. The van der Waals surface area contributed by atoms with Crippen molar-refractivity contribution >= 4 is 10.0 Å². The Morgan fingerprint density at radius 3 is 2.40 bits per heavy atom. The lowest BCUT2D eigenvalue weighted by Gasteiger charge is -2.08. The molecule has 0 spiro atoms. The first kappa shape index (κ1) is 14.9. The van der Waals surface area contributed by atoms with Crippen LogP contribution in [-0.2, 0) is 10.0 Å². The van der Waals surface area contributed by atoms with Crippen LogP contribution in [0.5, 0.6) is 0 Å². The fraction of sp³-hybridized carbons (Fsp3) is 1.00. The summed E-state index contributed by atoms with van der Waals surface area (Å²) in [4.78, 5) is 0. The molecule has 2 N–H and O–H groups in total. The van der Waals surface area contributed by atoms with Gasteiger partial charge < -0.3 is 5.32 Å². The van der Waals surface area contributed by atoms with Gasteiger partial charge in [0.25, 0.3) is 0 Å². The summed E-state index contributed by atoms with van der Waals surface area (Å²) in [6, 6.07) is 0. The Bertz CT molecular complexity index is 238. The molecule has 15 heavy (non-hydrogen) atoms. The largest absolute Gasteiger partial charge is 0.317 e. The van der Waals surface area contributed by atoms with Gasteiger partial charge in [-0.25, -0.2) is 13.1 Å². The van der Waals surface area contributed by atoms with Crippen molar-refractivity contribution < 1.29 is 8.42 Å². The molecule has 0 rings (SSSR count). The standard InChI is InChI=1S/C10H24N2O2S/c1-4-11-7-5-9-15(13,14)12-8-6-10(2)3/h10-12H,4-9H2,1-3H3. The second-order valence-electron chi connectivity index (χ2n) is 4.10. The van der Waals surface area contributed by atoms with Crippen molar-refractivity contribution in [3.63, 3.8) is 0 Å². The molecule has 0 saturated heterocycles. The summed E-state index contributed by atoms with van der Waals surface area (Å²) in [5, 5.41) is 3.10. The van der Waals surface area contributed by atoms with Crippen LogP contribution >= 0.6 is 0 Å². The zero-order chi connectivity index (χ0) is 11.7. The molecule has 0 saturated carbocycles. The molecular formula is C10H24N2O2S. The van der Waals surface area contributed by atoms with Gasteiger partial charge in [0.1, 0.15) is 0 Å². The highest BCUT2D eigenvalue weighted by Crippen LogP contribution is 1.98. The van der Waals surface area contributed by atoms with Crippen LogP contribution in [0.3, 0.4) is 0 Å². The molecule has 0 radical (unpaired) electrons. The monoisotopic (exact) mass is 236 g/mol. The minimum absolute atomic E-state index is 0.220. The molecular weight excluding hydrogens is 212 g/mol. The lowest BCUT2D eigenvalue weighted by Crippen LogP contribution is -2.29. The molecule has 0 aromatic heterocycles. The number of rotatable bonds is 9. The van der Waals surface area contributed by atoms with Crippen LogP contribution in [0, 0.1) is 5.92 Å².